The molecule has 1 atom stereocenters. The van der Waals surface area contributed by atoms with Crippen LogP contribution in [0.25, 0.3) is 5.69 Å². The number of aliphatic hydroxyl groups excluding tert-OH is 1. The molecule has 22 heavy (non-hydrogen) atoms. The highest BCUT2D eigenvalue weighted by atomic mass is 16.3. The van der Waals surface area contributed by atoms with Crippen LogP contribution in [0.2, 0.25) is 0 Å². The summed E-state index contributed by atoms with van der Waals surface area (Å²) < 4.78 is 1.75. The third-order valence-electron chi connectivity index (χ3n) is 4.21. The van der Waals surface area contributed by atoms with Gasteiger partial charge in [-0.3, -0.25) is 9.78 Å². The minimum Gasteiger partial charge on any atom is -0.396 e. The van der Waals surface area contributed by atoms with Crippen LogP contribution < -0.4 is 0 Å². The molecular weight excluding hydrogens is 280 g/mol. The van der Waals surface area contributed by atoms with E-state index in [0.717, 1.165) is 30.8 Å². The summed E-state index contributed by atoms with van der Waals surface area (Å²) in [5.74, 6) is 0.184. The van der Waals surface area contributed by atoms with Crippen molar-refractivity contribution in [1.29, 1.82) is 0 Å². The molecule has 3 heterocycles. The van der Waals surface area contributed by atoms with Gasteiger partial charge in [0, 0.05) is 32.1 Å². The van der Waals surface area contributed by atoms with Gasteiger partial charge in [-0.2, -0.15) is 5.10 Å². The smallest absolute Gasteiger partial charge is 0.257 e. The highest BCUT2D eigenvalue weighted by molar-refractivity contribution is 5.95. The second kappa shape index (κ2) is 6.27. The molecule has 1 aliphatic rings. The maximum Gasteiger partial charge on any atom is 0.257 e. The largest absolute Gasteiger partial charge is 0.396 e. The van der Waals surface area contributed by atoms with E-state index in [0.29, 0.717) is 12.1 Å². The molecule has 1 N–H and O–H groups in total. The normalized spacial score (nSPS) is 18.5. The number of amides is 1. The predicted molar refractivity (Wildman–Crippen MR) is 81.8 cm³/mol. The Bertz CT molecular complexity index is 653. The molecular formula is C16H20N4O2. The average Bonchev–Trinajstić information content (AvgIpc) is 2.96. The molecule has 0 spiro atoms. The van der Waals surface area contributed by atoms with Crippen LogP contribution in [0, 0.1) is 12.8 Å². The van der Waals surface area contributed by atoms with Crippen LogP contribution in [-0.4, -0.2) is 50.4 Å². The summed E-state index contributed by atoms with van der Waals surface area (Å²) in [5, 5.41) is 13.6. The summed E-state index contributed by atoms with van der Waals surface area (Å²) in [6, 6.07) is 3.72. The molecule has 6 heteroatoms. The number of aromatic nitrogens is 3. The van der Waals surface area contributed by atoms with Crippen LogP contribution in [0.15, 0.2) is 30.7 Å². The standard InChI is InChI=1S/C16H20N4O2/c1-12-15(9-18-20(12)14-4-6-17-7-5-14)16(22)19-8-2-3-13(10-19)11-21/h4-7,9,13,21H,2-3,8,10-11H2,1H3. The van der Waals surface area contributed by atoms with Gasteiger partial charge >= 0.3 is 0 Å². The van der Waals surface area contributed by atoms with Crippen molar-refractivity contribution in [3.05, 3.63) is 42.0 Å². The molecule has 1 amide bonds. The molecule has 2 aromatic rings. The number of hydrogen-bond donors (Lipinski definition) is 1. The lowest BCUT2D eigenvalue weighted by Crippen LogP contribution is -2.41. The molecule has 1 unspecified atom stereocenters. The Morgan fingerprint density at radius 2 is 2.18 bits per heavy atom. The van der Waals surface area contributed by atoms with Gasteiger partial charge in [0.2, 0.25) is 0 Å². The van der Waals surface area contributed by atoms with E-state index < -0.39 is 0 Å². The number of rotatable bonds is 3. The molecule has 6 nitrogen and oxygen atoms in total. The second-order valence-electron chi connectivity index (χ2n) is 5.70. The SMILES string of the molecule is Cc1c(C(=O)N2CCCC(CO)C2)cnn1-c1ccncc1. The topological polar surface area (TPSA) is 71.2 Å². The van der Waals surface area contributed by atoms with Gasteiger partial charge in [0.05, 0.1) is 23.1 Å². The fourth-order valence-corrected chi connectivity index (χ4v) is 2.93. The van der Waals surface area contributed by atoms with Gasteiger partial charge in [-0.25, -0.2) is 4.68 Å². The van der Waals surface area contributed by atoms with Crippen molar-refractivity contribution in [2.75, 3.05) is 19.7 Å². The zero-order valence-electron chi connectivity index (χ0n) is 12.6. The number of aliphatic hydroxyl groups is 1. The molecule has 1 aliphatic heterocycles. The number of pyridine rings is 1. The number of carbonyl (C=O) groups is 1. The lowest BCUT2D eigenvalue weighted by Gasteiger charge is -2.31. The number of carbonyl (C=O) groups excluding carboxylic acids is 1. The first-order valence-corrected chi connectivity index (χ1v) is 7.56. The lowest BCUT2D eigenvalue weighted by molar-refractivity contribution is 0.0620. The Hall–Kier alpha value is -2.21. The van der Waals surface area contributed by atoms with E-state index in [1.165, 1.54) is 0 Å². The fourth-order valence-electron chi connectivity index (χ4n) is 2.93. The summed E-state index contributed by atoms with van der Waals surface area (Å²) in [4.78, 5) is 18.5. The van der Waals surface area contributed by atoms with Crippen molar-refractivity contribution in [2.45, 2.75) is 19.8 Å². The van der Waals surface area contributed by atoms with Crippen LogP contribution in [0.5, 0.6) is 0 Å². The second-order valence-corrected chi connectivity index (χ2v) is 5.70. The number of nitrogens with zero attached hydrogens (tertiary/aromatic N) is 4. The minimum atomic E-state index is -0.00374. The monoisotopic (exact) mass is 300 g/mol. The minimum absolute atomic E-state index is 0.00374. The molecule has 0 saturated carbocycles. The van der Waals surface area contributed by atoms with Crippen molar-refractivity contribution in [2.24, 2.45) is 5.92 Å². The van der Waals surface area contributed by atoms with Crippen LogP contribution in [0.3, 0.4) is 0 Å². The molecule has 116 valence electrons. The Kier molecular flexibility index (Phi) is 4.20. The molecule has 2 aromatic heterocycles. The first-order valence-electron chi connectivity index (χ1n) is 7.56. The van der Waals surface area contributed by atoms with Gasteiger partial charge in [-0.05, 0) is 37.8 Å². The molecule has 1 saturated heterocycles. The molecule has 3 rings (SSSR count). The number of likely N-dealkylation sites (tertiary alicyclic amines) is 1. The Morgan fingerprint density at radius 1 is 1.41 bits per heavy atom. The van der Waals surface area contributed by atoms with Crippen molar-refractivity contribution in [3.8, 4) is 5.69 Å². The zero-order valence-corrected chi connectivity index (χ0v) is 12.6. The summed E-state index contributed by atoms with van der Waals surface area (Å²) >= 11 is 0. The molecule has 1 fully saturated rings. The van der Waals surface area contributed by atoms with Crippen LogP contribution in [0.4, 0.5) is 0 Å². The third-order valence-corrected chi connectivity index (χ3v) is 4.21. The summed E-state index contributed by atoms with van der Waals surface area (Å²) in [5.41, 5.74) is 2.33. The van der Waals surface area contributed by atoms with Gasteiger partial charge in [-0.15, -0.1) is 0 Å². The molecule has 0 radical (unpaired) electrons. The van der Waals surface area contributed by atoms with E-state index in [4.69, 9.17) is 0 Å². The first-order chi connectivity index (χ1) is 10.7. The molecule has 0 aromatic carbocycles. The van der Waals surface area contributed by atoms with E-state index in [9.17, 15) is 9.90 Å². The third kappa shape index (κ3) is 2.74. The highest BCUT2D eigenvalue weighted by Gasteiger charge is 2.26. The number of piperidine rings is 1. The highest BCUT2D eigenvalue weighted by Crippen LogP contribution is 2.20. The van der Waals surface area contributed by atoms with E-state index in [2.05, 4.69) is 10.1 Å². The van der Waals surface area contributed by atoms with E-state index >= 15 is 0 Å². The Balaban J connectivity index is 1.83. The maximum atomic E-state index is 12.7. The van der Waals surface area contributed by atoms with Gasteiger partial charge < -0.3 is 10.0 Å². The van der Waals surface area contributed by atoms with Gasteiger partial charge in [0.15, 0.2) is 0 Å². The van der Waals surface area contributed by atoms with E-state index in [1.807, 2.05) is 24.0 Å². The van der Waals surface area contributed by atoms with Crippen molar-refractivity contribution in [3.63, 3.8) is 0 Å². The van der Waals surface area contributed by atoms with Crippen LogP contribution >= 0.6 is 0 Å². The Morgan fingerprint density at radius 3 is 2.91 bits per heavy atom. The quantitative estimate of drug-likeness (QED) is 0.930. The van der Waals surface area contributed by atoms with E-state index in [-0.39, 0.29) is 18.4 Å². The zero-order chi connectivity index (χ0) is 15.5. The van der Waals surface area contributed by atoms with Gasteiger partial charge in [0.1, 0.15) is 0 Å². The summed E-state index contributed by atoms with van der Waals surface area (Å²) in [6.07, 6.45) is 6.95. The first kappa shape index (κ1) is 14.7. The van der Waals surface area contributed by atoms with Gasteiger partial charge in [0.25, 0.3) is 5.91 Å². The van der Waals surface area contributed by atoms with Crippen LogP contribution in [-0.2, 0) is 0 Å². The lowest BCUT2D eigenvalue weighted by atomic mass is 9.98. The fraction of sp³-hybridized carbons (Fsp3) is 0.438. The van der Waals surface area contributed by atoms with Gasteiger partial charge in [-0.1, -0.05) is 0 Å². The maximum absolute atomic E-state index is 12.7. The summed E-state index contributed by atoms with van der Waals surface area (Å²) in [6.45, 7) is 3.40. The van der Waals surface area contributed by atoms with Crippen molar-refractivity contribution < 1.29 is 9.90 Å². The van der Waals surface area contributed by atoms with Crippen LogP contribution in [0.1, 0.15) is 28.9 Å². The van der Waals surface area contributed by atoms with Crippen molar-refractivity contribution in [1.82, 2.24) is 19.7 Å². The molecule has 0 aliphatic carbocycles. The van der Waals surface area contributed by atoms with Crippen molar-refractivity contribution >= 4 is 5.91 Å². The van der Waals surface area contributed by atoms with E-state index in [1.54, 1.807) is 23.3 Å². The predicted octanol–water partition coefficient (Wildman–Crippen LogP) is 1.42. The summed E-state index contributed by atoms with van der Waals surface area (Å²) in [7, 11) is 0. The Labute approximate surface area is 129 Å². The molecule has 0 bridgehead atoms. The average molecular weight is 300 g/mol. The number of hydrogen-bond acceptors (Lipinski definition) is 4.